The van der Waals surface area contributed by atoms with Crippen LogP contribution in [0.4, 0.5) is 10.1 Å². The Labute approximate surface area is 112 Å². The highest BCUT2D eigenvalue weighted by molar-refractivity contribution is 7.92. The van der Waals surface area contributed by atoms with Crippen LogP contribution >= 0.6 is 11.6 Å². The molecule has 102 valence electrons. The second-order valence-electron chi connectivity index (χ2n) is 3.75. The highest BCUT2D eigenvalue weighted by Gasteiger charge is 2.12. The molecule has 0 spiro atoms. The van der Waals surface area contributed by atoms with Crippen LogP contribution in [0.5, 0.6) is 0 Å². The van der Waals surface area contributed by atoms with Gasteiger partial charge in [0.1, 0.15) is 5.82 Å². The van der Waals surface area contributed by atoms with Gasteiger partial charge in [0.05, 0.1) is 16.5 Å². The highest BCUT2D eigenvalue weighted by Crippen LogP contribution is 2.23. The molecule has 0 radical (unpaired) electrons. The predicted octanol–water partition coefficient (Wildman–Crippen LogP) is 2.22. The van der Waals surface area contributed by atoms with Gasteiger partial charge in [-0.25, -0.2) is 12.8 Å². The average molecular weight is 295 g/mol. The van der Waals surface area contributed by atoms with E-state index < -0.39 is 15.8 Å². The monoisotopic (exact) mass is 294 g/mol. The van der Waals surface area contributed by atoms with Crippen LogP contribution < -0.4 is 10.0 Å². The molecule has 0 saturated heterocycles. The van der Waals surface area contributed by atoms with E-state index in [0.29, 0.717) is 13.0 Å². The first-order chi connectivity index (χ1) is 8.44. The van der Waals surface area contributed by atoms with Gasteiger partial charge in [-0.3, -0.25) is 4.72 Å². The summed E-state index contributed by atoms with van der Waals surface area (Å²) >= 11 is 5.78. The smallest absolute Gasteiger partial charge is 0.232 e. The van der Waals surface area contributed by atoms with Crippen LogP contribution in [0.25, 0.3) is 0 Å². The van der Waals surface area contributed by atoms with Crippen molar-refractivity contribution in [2.45, 2.75) is 13.3 Å². The minimum Gasteiger partial charge on any atom is -0.317 e. The van der Waals surface area contributed by atoms with Gasteiger partial charge in [-0.15, -0.1) is 0 Å². The van der Waals surface area contributed by atoms with Crippen molar-refractivity contribution in [3.05, 3.63) is 29.0 Å². The van der Waals surface area contributed by atoms with Crippen molar-refractivity contribution in [1.82, 2.24) is 5.32 Å². The van der Waals surface area contributed by atoms with Crippen molar-refractivity contribution < 1.29 is 12.8 Å². The Hall–Kier alpha value is -0.850. The van der Waals surface area contributed by atoms with E-state index in [9.17, 15) is 12.8 Å². The molecule has 1 aromatic carbocycles. The number of hydrogen-bond acceptors (Lipinski definition) is 3. The van der Waals surface area contributed by atoms with Crippen LogP contribution in [0.3, 0.4) is 0 Å². The molecule has 1 aromatic rings. The number of sulfonamides is 1. The van der Waals surface area contributed by atoms with Gasteiger partial charge in [-0.05, 0) is 37.7 Å². The summed E-state index contributed by atoms with van der Waals surface area (Å²) in [5, 5.41) is 3.20. The Bertz CT molecular complexity index is 494. The molecule has 0 aliphatic heterocycles. The van der Waals surface area contributed by atoms with E-state index in [-0.39, 0.29) is 16.5 Å². The second-order valence-corrected chi connectivity index (χ2v) is 6.00. The van der Waals surface area contributed by atoms with E-state index in [4.69, 9.17) is 11.6 Å². The molecule has 0 unspecified atom stereocenters. The minimum atomic E-state index is -3.50. The molecule has 0 saturated carbocycles. The largest absolute Gasteiger partial charge is 0.317 e. The maximum Gasteiger partial charge on any atom is 0.232 e. The van der Waals surface area contributed by atoms with E-state index in [1.54, 1.807) is 0 Å². The number of anilines is 1. The number of benzene rings is 1. The van der Waals surface area contributed by atoms with E-state index in [2.05, 4.69) is 10.0 Å². The van der Waals surface area contributed by atoms with Crippen molar-refractivity contribution >= 4 is 27.3 Å². The Balaban J connectivity index is 2.62. The second kappa shape index (κ2) is 6.92. The molecule has 4 nitrogen and oxygen atoms in total. The van der Waals surface area contributed by atoms with Gasteiger partial charge >= 0.3 is 0 Å². The van der Waals surface area contributed by atoms with E-state index in [1.807, 2.05) is 6.92 Å². The number of nitrogens with one attached hydrogen (secondary N) is 2. The third kappa shape index (κ3) is 5.20. The van der Waals surface area contributed by atoms with Gasteiger partial charge in [0.15, 0.2) is 0 Å². The van der Waals surface area contributed by atoms with Gasteiger partial charge in [-0.1, -0.05) is 18.5 Å². The van der Waals surface area contributed by atoms with Crippen molar-refractivity contribution in [3.63, 3.8) is 0 Å². The van der Waals surface area contributed by atoms with Crippen molar-refractivity contribution in [1.29, 1.82) is 0 Å². The Morgan fingerprint density at radius 1 is 1.39 bits per heavy atom. The van der Waals surface area contributed by atoms with Crippen molar-refractivity contribution in [3.8, 4) is 0 Å². The number of rotatable bonds is 7. The third-order valence-corrected chi connectivity index (χ3v) is 3.90. The molecule has 0 amide bonds. The molecule has 1 rings (SSSR count). The summed E-state index contributed by atoms with van der Waals surface area (Å²) in [5.41, 5.74) is 0.0696. The SMILES string of the molecule is CCNCCCS(=O)(=O)Nc1cc(F)ccc1Cl. The summed E-state index contributed by atoms with van der Waals surface area (Å²) in [6, 6.07) is 3.54. The predicted molar refractivity (Wildman–Crippen MR) is 72.0 cm³/mol. The maximum absolute atomic E-state index is 13.0. The highest BCUT2D eigenvalue weighted by atomic mass is 35.5. The molecule has 0 aliphatic carbocycles. The zero-order valence-electron chi connectivity index (χ0n) is 10.0. The Morgan fingerprint density at radius 3 is 2.78 bits per heavy atom. The summed E-state index contributed by atoms with van der Waals surface area (Å²) in [4.78, 5) is 0. The van der Waals surface area contributed by atoms with Crippen LogP contribution in [-0.4, -0.2) is 27.3 Å². The lowest BCUT2D eigenvalue weighted by atomic mass is 10.3. The van der Waals surface area contributed by atoms with Gasteiger partial charge in [0, 0.05) is 0 Å². The molecule has 0 fully saturated rings. The summed E-state index contributed by atoms with van der Waals surface area (Å²) in [5.74, 6) is -0.572. The standard InChI is InChI=1S/C11H16ClFN2O2S/c1-2-14-6-3-7-18(16,17)15-11-8-9(13)4-5-10(11)12/h4-5,8,14-15H,2-3,6-7H2,1H3. The summed E-state index contributed by atoms with van der Waals surface area (Å²) < 4.78 is 38.7. The fourth-order valence-corrected chi connectivity index (χ4v) is 2.71. The van der Waals surface area contributed by atoms with Crippen LogP contribution in [0, 0.1) is 5.82 Å². The van der Waals surface area contributed by atoms with Crippen LogP contribution in [0.1, 0.15) is 13.3 Å². The molecule has 0 atom stereocenters. The molecule has 18 heavy (non-hydrogen) atoms. The quantitative estimate of drug-likeness (QED) is 0.758. The molecule has 0 aliphatic rings. The third-order valence-electron chi connectivity index (χ3n) is 2.21. The Kier molecular flexibility index (Phi) is 5.84. The van der Waals surface area contributed by atoms with Gasteiger partial charge < -0.3 is 5.32 Å². The first-order valence-electron chi connectivity index (χ1n) is 5.61. The molecule has 2 N–H and O–H groups in total. The molecule has 0 bridgehead atoms. The molecular weight excluding hydrogens is 279 g/mol. The van der Waals surface area contributed by atoms with Crippen molar-refractivity contribution in [2.24, 2.45) is 0 Å². The van der Waals surface area contributed by atoms with E-state index in [0.717, 1.165) is 12.6 Å². The average Bonchev–Trinajstić information content (AvgIpc) is 2.29. The number of halogens is 2. The lowest BCUT2D eigenvalue weighted by Crippen LogP contribution is -2.22. The maximum atomic E-state index is 13.0. The van der Waals surface area contributed by atoms with Crippen molar-refractivity contribution in [2.75, 3.05) is 23.6 Å². The van der Waals surface area contributed by atoms with Crippen LogP contribution in [0.2, 0.25) is 5.02 Å². The van der Waals surface area contributed by atoms with Gasteiger partial charge in [-0.2, -0.15) is 0 Å². The minimum absolute atomic E-state index is 0.0349. The lowest BCUT2D eigenvalue weighted by molar-refractivity contribution is 0.595. The van der Waals surface area contributed by atoms with E-state index in [1.165, 1.54) is 12.1 Å². The first-order valence-corrected chi connectivity index (χ1v) is 7.64. The fourth-order valence-electron chi connectivity index (χ4n) is 1.36. The number of hydrogen-bond donors (Lipinski definition) is 2. The molecule has 7 heteroatoms. The van der Waals surface area contributed by atoms with Crippen LogP contribution in [-0.2, 0) is 10.0 Å². The molecule has 0 aromatic heterocycles. The fraction of sp³-hybridized carbons (Fsp3) is 0.455. The zero-order valence-corrected chi connectivity index (χ0v) is 11.6. The lowest BCUT2D eigenvalue weighted by Gasteiger charge is -2.09. The summed E-state index contributed by atoms with van der Waals surface area (Å²) in [6.45, 7) is 3.36. The zero-order chi connectivity index (χ0) is 13.6. The van der Waals surface area contributed by atoms with Crippen LogP contribution in [0.15, 0.2) is 18.2 Å². The topological polar surface area (TPSA) is 58.2 Å². The molecule has 0 heterocycles. The van der Waals surface area contributed by atoms with Gasteiger partial charge in [0.25, 0.3) is 0 Å². The normalized spacial score (nSPS) is 11.5. The summed E-state index contributed by atoms with van der Waals surface area (Å²) in [7, 11) is -3.50. The Morgan fingerprint density at radius 2 is 2.11 bits per heavy atom. The first kappa shape index (κ1) is 15.2. The van der Waals surface area contributed by atoms with E-state index >= 15 is 0 Å². The molecular formula is C11H16ClFN2O2S. The van der Waals surface area contributed by atoms with Gasteiger partial charge in [0.2, 0.25) is 10.0 Å². The summed E-state index contributed by atoms with van der Waals surface area (Å²) in [6.07, 6.45) is 0.482.